The van der Waals surface area contributed by atoms with E-state index in [9.17, 15) is 9.90 Å². The van der Waals surface area contributed by atoms with Crippen molar-refractivity contribution in [3.8, 4) is 5.75 Å². The van der Waals surface area contributed by atoms with Gasteiger partial charge in [0.2, 0.25) is 0 Å². The summed E-state index contributed by atoms with van der Waals surface area (Å²) in [7, 11) is 0. The van der Waals surface area contributed by atoms with Gasteiger partial charge in [0.25, 0.3) is 0 Å². The molecule has 0 unspecified atom stereocenters. The number of aromatic hydroxyl groups is 1. The molecule has 2 aromatic carbocycles. The Morgan fingerprint density at radius 1 is 1.12 bits per heavy atom. The molecule has 0 radical (unpaired) electrons. The van der Waals surface area contributed by atoms with Crippen LogP contribution in [0.1, 0.15) is 60.7 Å². The van der Waals surface area contributed by atoms with Gasteiger partial charge in [-0.1, -0.05) is 45.0 Å². The second-order valence-electron chi connectivity index (χ2n) is 5.82. The van der Waals surface area contributed by atoms with Crippen molar-refractivity contribution in [2.24, 2.45) is 0 Å². The van der Waals surface area contributed by atoms with Crippen LogP contribution in [0.2, 0.25) is 0 Å². The maximum absolute atomic E-state index is 12.4. The SMILES string of the molecule is C1CCOC1.CC.CCc1ccc(C(=O)c2cc(C)c(O)cc2Br)cc1. The zero-order valence-corrected chi connectivity index (χ0v) is 17.7. The molecule has 0 saturated carbocycles. The summed E-state index contributed by atoms with van der Waals surface area (Å²) in [5.41, 5.74) is 3.12. The molecule has 0 spiro atoms. The first kappa shape index (κ1) is 22.4. The fourth-order valence-corrected chi connectivity index (χ4v) is 2.91. The number of hydrogen-bond acceptors (Lipinski definition) is 3. The Morgan fingerprint density at radius 2 is 1.69 bits per heavy atom. The van der Waals surface area contributed by atoms with E-state index in [0.717, 1.165) is 19.6 Å². The van der Waals surface area contributed by atoms with E-state index < -0.39 is 0 Å². The van der Waals surface area contributed by atoms with Gasteiger partial charge in [-0.25, -0.2) is 0 Å². The Labute approximate surface area is 165 Å². The highest BCUT2D eigenvalue weighted by Gasteiger charge is 2.14. The average molecular weight is 421 g/mol. The summed E-state index contributed by atoms with van der Waals surface area (Å²) in [6, 6.07) is 10.9. The van der Waals surface area contributed by atoms with Gasteiger partial charge >= 0.3 is 0 Å². The summed E-state index contributed by atoms with van der Waals surface area (Å²) in [5, 5.41) is 9.60. The molecule has 4 heteroatoms. The van der Waals surface area contributed by atoms with Crippen molar-refractivity contribution in [2.75, 3.05) is 13.2 Å². The van der Waals surface area contributed by atoms with Crippen molar-refractivity contribution < 1.29 is 14.6 Å². The molecule has 0 aromatic heterocycles. The second kappa shape index (κ2) is 11.9. The van der Waals surface area contributed by atoms with Crippen LogP contribution in [0.5, 0.6) is 5.75 Å². The molecule has 2 aromatic rings. The van der Waals surface area contributed by atoms with Gasteiger partial charge in [-0.15, -0.1) is 0 Å². The molecule has 0 aliphatic carbocycles. The molecule has 1 N–H and O–H groups in total. The molecule has 1 aliphatic heterocycles. The van der Waals surface area contributed by atoms with Crippen LogP contribution in [-0.4, -0.2) is 24.1 Å². The molecule has 26 heavy (non-hydrogen) atoms. The highest BCUT2D eigenvalue weighted by atomic mass is 79.9. The van der Waals surface area contributed by atoms with Crippen LogP contribution in [0, 0.1) is 6.92 Å². The van der Waals surface area contributed by atoms with Gasteiger partial charge in [0.15, 0.2) is 5.78 Å². The van der Waals surface area contributed by atoms with Gasteiger partial charge in [0.1, 0.15) is 5.75 Å². The smallest absolute Gasteiger partial charge is 0.194 e. The van der Waals surface area contributed by atoms with Crippen molar-refractivity contribution in [3.63, 3.8) is 0 Å². The molecule has 142 valence electrons. The molecule has 0 amide bonds. The first-order chi connectivity index (χ1) is 12.5. The van der Waals surface area contributed by atoms with Crippen molar-refractivity contribution in [3.05, 3.63) is 63.1 Å². The molecule has 1 fully saturated rings. The summed E-state index contributed by atoms with van der Waals surface area (Å²) in [4.78, 5) is 12.4. The number of carbonyl (C=O) groups excluding carboxylic acids is 1. The quantitative estimate of drug-likeness (QED) is 0.611. The monoisotopic (exact) mass is 420 g/mol. The second-order valence-corrected chi connectivity index (χ2v) is 6.67. The lowest BCUT2D eigenvalue weighted by molar-refractivity contribution is 0.103. The number of benzene rings is 2. The molecule has 1 aliphatic rings. The van der Waals surface area contributed by atoms with Gasteiger partial charge in [-0.3, -0.25) is 4.79 Å². The Bertz CT molecular complexity index is 682. The zero-order valence-electron chi connectivity index (χ0n) is 16.1. The van der Waals surface area contributed by atoms with Crippen LogP contribution in [0.3, 0.4) is 0 Å². The van der Waals surface area contributed by atoms with Gasteiger partial charge in [-0.05, 0) is 65.4 Å². The Kier molecular flexibility index (Phi) is 10.2. The molecule has 3 nitrogen and oxygen atoms in total. The molecular weight excluding hydrogens is 392 g/mol. The number of carbonyl (C=O) groups is 1. The largest absolute Gasteiger partial charge is 0.508 e. The van der Waals surface area contributed by atoms with E-state index in [2.05, 4.69) is 22.9 Å². The van der Waals surface area contributed by atoms with E-state index in [1.165, 1.54) is 18.4 Å². The molecule has 1 saturated heterocycles. The van der Waals surface area contributed by atoms with E-state index in [1.54, 1.807) is 19.1 Å². The topological polar surface area (TPSA) is 46.5 Å². The van der Waals surface area contributed by atoms with Gasteiger partial charge in [0, 0.05) is 28.8 Å². The third-order valence-electron chi connectivity index (χ3n) is 3.98. The Morgan fingerprint density at radius 3 is 2.15 bits per heavy atom. The lowest BCUT2D eigenvalue weighted by Crippen LogP contribution is -2.03. The maximum atomic E-state index is 12.4. The van der Waals surface area contributed by atoms with E-state index in [-0.39, 0.29) is 11.5 Å². The van der Waals surface area contributed by atoms with Crippen LogP contribution < -0.4 is 0 Å². The molecule has 1 heterocycles. The minimum atomic E-state index is -0.0439. The number of phenolic OH excluding ortho intramolecular Hbond substituents is 1. The average Bonchev–Trinajstić information content (AvgIpc) is 3.26. The zero-order chi connectivity index (χ0) is 19.5. The highest BCUT2D eigenvalue weighted by Crippen LogP contribution is 2.28. The highest BCUT2D eigenvalue weighted by molar-refractivity contribution is 9.10. The first-order valence-electron chi connectivity index (χ1n) is 9.23. The number of halogens is 1. The first-order valence-corrected chi connectivity index (χ1v) is 10.0. The fraction of sp³-hybridized carbons (Fsp3) is 0.409. The van der Waals surface area contributed by atoms with Crippen LogP contribution in [0.15, 0.2) is 40.9 Å². The molecule has 0 atom stereocenters. The van der Waals surface area contributed by atoms with Crippen LogP contribution in [0.25, 0.3) is 0 Å². The number of aryl methyl sites for hydroxylation is 2. The summed E-state index contributed by atoms with van der Waals surface area (Å²) >= 11 is 3.33. The van der Waals surface area contributed by atoms with Crippen molar-refractivity contribution in [2.45, 2.75) is 47.0 Å². The van der Waals surface area contributed by atoms with Crippen molar-refractivity contribution >= 4 is 21.7 Å². The van der Waals surface area contributed by atoms with E-state index >= 15 is 0 Å². The summed E-state index contributed by atoms with van der Waals surface area (Å²) in [6.07, 6.45) is 3.51. The normalized spacial score (nSPS) is 12.5. The van der Waals surface area contributed by atoms with Crippen molar-refractivity contribution in [1.82, 2.24) is 0 Å². The Hall–Kier alpha value is -1.65. The van der Waals surface area contributed by atoms with Crippen molar-refractivity contribution in [1.29, 1.82) is 0 Å². The summed E-state index contributed by atoms with van der Waals surface area (Å²) in [6.45, 7) is 9.86. The lowest BCUT2D eigenvalue weighted by Gasteiger charge is -2.07. The standard InChI is InChI=1S/C16H15BrO2.C4H8O.C2H6/c1-3-11-4-6-12(7-5-11)16(19)13-8-10(2)15(18)9-14(13)17;1-2-4-5-3-1;1-2/h4-9,18H,3H2,1-2H3;1-4H2;1-2H3. The predicted octanol–water partition coefficient (Wildman–Crippen LogP) is 6.08. The number of rotatable bonds is 3. The van der Waals surface area contributed by atoms with Gasteiger partial charge in [-0.2, -0.15) is 0 Å². The molecule has 0 bridgehead atoms. The van der Waals surface area contributed by atoms with Crippen LogP contribution in [0.4, 0.5) is 0 Å². The third-order valence-corrected chi connectivity index (χ3v) is 4.64. The fourth-order valence-electron chi connectivity index (χ4n) is 2.40. The summed E-state index contributed by atoms with van der Waals surface area (Å²) < 4.78 is 5.56. The number of ketones is 1. The van der Waals surface area contributed by atoms with E-state index in [0.29, 0.717) is 21.2 Å². The number of phenols is 1. The van der Waals surface area contributed by atoms with Gasteiger partial charge in [0.05, 0.1) is 0 Å². The van der Waals surface area contributed by atoms with Crippen LogP contribution in [-0.2, 0) is 11.2 Å². The predicted molar refractivity (Wildman–Crippen MR) is 111 cm³/mol. The minimum Gasteiger partial charge on any atom is -0.508 e. The Balaban J connectivity index is 0.000000408. The number of ether oxygens (including phenoxy) is 1. The van der Waals surface area contributed by atoms with E-state index in [4.69, 9.17) is 4.74 Å². The molecule has 3 rings (SSSR count). The lowest BCUT2D eigenvalue weighted by atomic mass is 10.00. The van der Waals surface area contributed by atoms with Gasteiger partial charge < -0.3 is 9.84 Å². The molecular formula is C22H29BrO3. The maximum Gasteiger partial charge on any atom is 0.194 e. The number of hydrogen-bond donors (Lipinski definition) is 1. The van der Waals surface area contributed by atoms with Crippen LogP contribution >= 0.6 is 15.9 Å². The third kappa shape index (κ3) is 6.58. The summed E-state index contributed by atoms with van der Waals surface area (Å²) in [5.74, 6) is 0.141. The van der Waals surface area contributed by atoms with E-state index in [1.807, 2.05) is 38.1 Å². The minimum absolute atomic E-state index is 0.0439.